The van der Waals surface area contributed by atoms with Crippen molar-refractivity contribution >= 4 is 40.8 Å². The van der Waals surface area contributed by atoms with E-state index in [-0.39, 0.29) is 10.0 Å². The summed E-state index contributed by atoms with van der Waals surface area (Å²) in [6.07, 6.45) is 0. The Labute approximate surface area is 208 Å². The molecule has 0 saturated carbocycles. The third-order valence-electron chi connectivity index (χ3n) is 4.87. The minimum absolute atomic E-state index is 0.286. The minimum atomic E-state index is -1.29. The first kappa shape index (κ1) is 26.2. The van der Waals surface area contributed by atoms with Gasteiger partial charge in [0, 0.05) is 17.7 Å². The molecule has 6 nitrogen and oxygen atoms in total. The van der Waals surface area contributed by atoms with Gasteiger partial charge in [-0.25, -0.2) is 13.2 Å². The molecule has 0 aromatic heterocycles. The summed E-state index contributed by atoms with van der Waals surface area (Å²) < 4.78 is 45.0. The van der Waals surface area contributed by atoms with Gasteiger partial charge in [-0.2, -0.15) is 0 Å². The topological polar surface area (TPSA) is 87.7 Å². The SMILES string of the molecule is Cc1ccc(-c2c(Cl)cc(F)cc2Cl)c2c1OCCN2.O=C(O)CNC(=O)c1c(F)cccc1F. The number of aryl methyl sites for hydroxylation is 1. The number of benzene rings is 3. The van der Waals surface area contributed by atoms with Crippen molar-refractivity contribution < 1.29 is 32.6 Å². The molecule has 1 amide bonds. The van der Waals surface area contributed by atoms with E-state index in [0.29, 0.717) is 18.7 Å². The fraction of sp³-hybridized carbons (Fsp3) is 0.167. The molecule has 0 fully saturated rings. The third-order valence-corrected chi connectivity index (χ3v) is 5.47. The van der Waals surface area contributed by atoms with Gasteiger partial charge in [0.25, 0.3) is 5.91 Å². The molecule has 1 heterocycles. The van der Waals surface area contributed by atoms with Crippen LogP contribution in [0, 0.1) is 24.4 Å². The van der Waals surface area contributed by atoms with Crippen LogP contribution in [0.5, 0.6) is 5.75 Å². The zero-order chi connectivity index (χ0) is 25.7. The molecule has 0 atom stereocenters. The minimum Gasteiger partial charge on any atom is -0.489 e. The van der Waals surface area contributed by atoms with E-state index in [1.54, 1.807) is 0 Å². The number of fused-ring (bicyclic) bond motifs is 1. The van der Waals surface area contributed by atoms with E-state index in [2.05, 4.69) is 5.32 Å². The van der Waals surface area contributed by atoms with Gasteiger partial charge in [0.05, 0.1) is 15.7 Å². The van der Waals surface area contributed by atoms with E-state index in [1.165, 1.54) is 12.1 Å². The number of anilines is 1. The van der Waals surface area contributed by atoms with Crippen molar-refractivity contribution in [3.8, 4) is 16.9 Å². The van der Waals surface area contributed by atoms with Gasteiger partial charge in [0.1, 0.15) is 41.9 Å². The highest BCUT2D eigenvalue weighted by molar-refractivity contribution is 6.39. The Bertz CT molecular complexity index is 1240. The lowest BCUT2D eigenvalue weighted by Crippen LogP contribution is -2.30. The molecule has 4 rings (SSSR count). The number of hydrogen-bond acceptors (Lipinski definition) is 4. The fourth-order valence-corrected chi connectivity index (χ4v) is 4.01. The molecule has 1 aliphatic rings. The molecular formula is C24H19Cl2F3N2O4. The average molecular weight is 527 g/mol. The van der Waals surface area contributed by atoms with Crippen molar-refractivity contribution in [1.29, 1.82) is 0 Å². The second-order valence-electron chi connectivity index (χ2n) is 7.33. The summed E-state index contributed by atoms with van der Waals surface area (Å²) in [7, 11) is 0. The van der Waals surface area contributed by atoms with Gasteiger partial charge in [-0.1, -0.05) is 41.4 Å². The quantitative estimate of drug-likeness (QED) is 0.406. The summed E-state index contributed by atoms with van der Waals surface area (Å²) in [5, 5.41) is 14.0. The normalized spacial score (nSPS) is 11.8. The molecule has 1 aliphatic heterocycles. The molecule has 0 saturated heterocycles. The van der Waals surface area contributed by atoms with Crippen LogP contribution in [0.3, 0.4) is 0 Å². The van der Waals surface area contributed by atoms with E-state index in [1.807, 2.05) is 24.4 Å². The summed E-state index contributed by atoms with van der Waals surface area (Å²) in [5.74, 6) is -4.09. The number of ether oxygens (including phenoxy) is 1. The first-order valence-corrected chi connectivity index (χ1v) is 10.9. The van der Waals surface area contributed by atoms with Gasteiger partial charge in [0.2, 0.25) is 0 Å². The van der Waals surface area contributed by atoms with Gasteiger partial charge in [-0.3, -0.25) is 9.59 Å². The van der Waals surface area contributed by atoms with Crippen molar-refractivity contribution in [2.45, 2.75) is 6.92 Å². The van der Waals surface area contributed by atoms with E-state index in [9.17, 15) is 22.8 Å². The van der Waals surface area contributed by atoms with Gasteiger partial charge >= 0.3 is 5.97 Å². The smallest absolute Gasteiger partial charge is 0.322 e. The molecule has 35 heavy (non-hydrogen) atoms. The second kappa shape index (κ2) is 11.3. The number of carboxylic acid groups (broad SMARTS) is 1. The maximum absolute atomic E-state index is 13.3. The van der Waals surface area contributed by atoms with Crippen LogP contribution in [0.4, 0.5) is 18.9 Å². The van der Waals surface area contributed by atoms with E-state index < -0.39 is 41.4 Å². The average Bonchev–Trinajstić information content (AvgIpc) is 2.79. The van der Waals surface area contributed by atoms with Crippen LogP contribution in [0.1, 0.15) is 15.9 Å². The lowest BCUT2D eigenvalue weighted by Gasteiger charge is -2.24. The maximum Gasteiger partial charge on any atom is 0.322 e. The Morgan fingerprint density at radius 3 is 2.31 bits per heavy atom. The van der Waals surface area contributed by atoms with Crippen molar-refractivity contribution in [3.63, 3.8) is 0 Å². The molecule has 3 N–H and O–H groups in total. The number of nitrogens with one attached hydrogen (secondary N) is 2. The first-order valence-electron chi connectivity index (χ1n) is 10.2. The summed E-state index contributed by atoms with van der Waals surface area (Å²) in [4.78, 5) is 21.2. The molecule has 0 aliphatic carbocycles. The second-order valence-corrected chi connectivity index (χ2v) is 8.14. The zero-order valence-corrected chi connectivity index (χ0v) is 19.7. The van der Waals surface area contributed by atoms with Gasteiger partial charge in [0.15, 0.2) is 0 Å². The molecule has 3 aromatic carbocycles. The third kappa shape index (κ3) is 6.17. The van der Waals surface area contributed by atoms with Crippen LogP contribution in [0.15, 0.2) is 42.5 Å². The van der Waals surface area contributed by atoms with Crippen LogP contribution in [-0.4, -0.2) is 36.7 Å². The molecule has 0 unspecified atom stereocenters. The molecular weight excluding hydrogens is 508 g/mol. The number of carboxylic acids is 1. The molecule has 0 spiro atoms. The summed E-state index contributed by atoms with van der Waals surface area (Å²) in [6.45, 7) is 2.61. The highest BCUT2D eigenvalue weighted by Gasteiger charge is 2.21. The standard InChI is InChI=1S/C15H12Cl2FNO.C9H7F2NO3/c1-8-2-3-10(14-15(8)20-5-4-19-14)13-11(16)6-9(18)7-12(13)17;10-5-2-1-3-6(11)8(5)9(15)12-4-7(13)14/h2-3,6-7,19H,4-5H2,1H3;1-3H,4H2,(H,12,15)(H,13,14). The van der Waals surface area contributed by atoms with Crippen LogP contribution < -0.4 is 15.4 Å². The first-order chi connectivity index (χ1) is 16.6. The van der Waals surface area contributed by atoms with Crippen molar-refractivity contribution in [2.75, 3.05) is 25.0 Å². The van der Waals surface area contributed by atoms with Crippen LogP contribution in [0.2, 0.25) is 10.0 Å². The van der Waals surface area contributed by atoms with Gasteiger partial charge < -0.3 is 20.5 Å². The number of carbonyl (C=O) groups excluding carboxylic acids is 1. The number of halogens is 5. The fourth-order valence-electron chi connectivity index (χ4n) is 3.34. The van der Waals surface area contributed by atoms with Crippen LogP contribution >= 0.6 is 23.2 Å². The largest absolute Gasteiger partial charge is 0.489 e. The van der Waals surface area contributed by atoms with E-state index >= 15 is 0 Å². The summed E-state index contributed by atoms with van der Waals surface area (Å²) in [6, 6.07) is 9.32. The van der Waals surface area contributed by atoms with Gasteiger partial charge in [-0.15, -0.1) is 0 Å². The lowest BCUT2D eigenvalue weighted by molar-refractivity contribution is -0.135. The molecule has 3 aromatic rings. The Morgan fingerprint density at radius 2 is 1.71 bits per heavy atom. The number of amides is 1. The number of aliphatic carboxylic acids is 1. The predicted octanol–water partition coefficient (Wildman–Crippen LogP) is 5.69. The number of carbonyl (C=O) groups is 2. The monoisotopic (exact) mass is 526 g/mol. The Hall–Kier alpha value is -3.43. The van der Waals surface area contributed by atoms with Crippen LogP contribution in [-0.2, 0) is 4.79 Å². The highest BCUT2D eigenvalue weighted by Crippen LogP contribution is 2.45. The Balaban J connectivity index is 0.000000205. The Kier molecular flexibility index (Phi) is 8.48. The number of hydrogen-bond donors (Lipinski definition) is 3. The van der Waals surface area contributed by atoms with Crippen molar-refractivity contribution in [2.24, 2.45) is 0 Å². The molecule has 0 radical (unpaired) electrons. The molecule has 184 valence electrons. The van der Waals surface area contributed by atoms with Crippen molar-refractivity contribution in [3.05, 3.63) is 81.1 Å². The van der Waals surface area contributed by atoms with Crippen molar-refractivity contribution in [1.82, 2.24) is 5.32 Å². The summed E-state index contributed by atoms with van der Waals surface area (Å²) >= 11 is 12.3. The summed E-state index contributed by atoms with van der Waals surface area (Å²) in [5.41, 5.74) is 2.54. The zero-order valence-electron chi connectivity index (χ0n) is 18.2. The van der Waals surface area contributed by atoms with E-state index in [0.717, 1.165) is 40.8 Å². The molecule has 11 heteroatoms. The predicted molar refractivity (Wildman–Crippen MR) is 127 cm³/mol. The number of rotatable bonds is 4. The molecule has 0 bridgehead atoms. The lowest BCUT2D eigenvalue weighted by atomic mass is 9.99. The van der Waals surface area contributed by atoms with E-state index in [4.69, 9.17) is 33.0 Å². The van der Waals surface area contributed by atoms with Crippen LogP contribution in [0.25, 0.3) is 11.1 Å². The highest BCUT2D eigenvalue weighted by atomic mass is 35.5. The maximum atomic E-state index is 13.3. The van der Waals surface area contributed by atoms with Gasteiger partial charge in [-0.05, 0) is 36.8 Å². The Morgan fingerprint density at radius 1 is 1.09 bits per heavy atom.